The zero-order valence-corrected chi connectivity index (χ0v) is 31.8. The summed E-state index contributed by atoms with van der Waals surface area (Å²) in [4.78, 5) is 0. The van der Waals surface area contributed by atoms with Crippen LogP contribution in [-0.4, -0.2) is 131 Å². The standard InChI is InChI=1S/5C3H9Si.2Ge.K/c5*1-4(2)3;;;/h5*1-3H3;;;. The predicted molar refractivity (Wildman–Crippen MR) is 134 cm³/mol. The SMILES string of the molecule is C[Si](C)C.C[Si](C)C.C[Si](C)C.C[Si](C)C.C[Si](C)C.[Ge].[Ge].[K]. The molecule has 0 spiro atoms. The maximum atomic E-state index is 2.27. The van der Waals surface area contributed by atoms with Crippen LogP contribution in [0.2, 0.25) is 98.2 Å². The van der Waals surface area contributed by atoms with Crippen molar-refractivity contribution in [3.05, 3.63) is 0 Å². The molecule has 0 unspecified atom stereocenters. The average molecular weight is 550 g/mol. The fraction of sp³-hybridized carbons (Fsp3) is 1.00. The van der Waals surface area contributed by atoms with Gasteiger partial charge in [-0.15, -0.1) is 0 Å². The summed E-state index contributed by atoms with van der Waals surface area (Å²) in [6.07, 6.45) is 0. The molecular weight excluding hydrogens is 505 g/mol. The van der Waals surface area contributed by atoms with E-state index < -0.39 is 0 Å². The van der Waals surface area contributed by atoms with Gasteiger partial charge in [-0.2, -0.15) is 0 Å². The fourth-order valence-electron chi connectivity index (χ4n) is 0. The van der Waals surface area contributed by atoms with Crippen LogP contribution >= 0.6 is 0 Å². The van der Waals surface area contributed by atoms with E-state index in [1.807, 2.05) is 0 Å². The molecule has 0 N–H and O–H groups in total. The Balaban J connectivity index is -0.0000000197. The maximum Gasteiger partial charge on any atom is 0.0379 e. The quantitative estimate of drug-likeness (QED) is 0.339. The summed E-state index contributed by atoms with van der Waals surface area (Å²) in [5, 5.41) is 0. The predicted octanol–water partition coefficient (Wildman–Crippen LogP) is 5.71. The van der Waals surface area contributed by atoms with E-state index in [2.05, 4.69) is 98.2 Å². The van der Waals surface area contributed by atoms with Crippen LogP contribution in [0.5, 0.6) is 0 Å². The first kappa shape index (κ1) is 50.5. The summed E-state index contributed by atoms with van der Waals surface area (Å²) >= 11 is 0. The third-order valence-corrected chi connectivity index (χ3v) is 0. The molecule has 23 heavy (non-hydrogen) atoms. The van der Waals surface area contributed by atoms with Crippen molar-refractivity contribution in [1.82, 2.24) is 0 Å². The van der Waals surface area contributed by atoms with Gasteiger partial charge in [0.1, 0.15) is 0 Å². The summed E-state index contributed by atoms with van der Waals surface area (Å²) in [5.41, 5.74) is 0. The van der Waals surface area contributed by atoms with Crippen molar-refractivity contribution < 1.29 is 0 Å². The van der Waals surface area contributed by atoms with Crippen molar-refractivity contribution in [3.8, 4) is 0 Å². The van der Waals surface area contributed by atoms with Gasteiger partial charge in [0, 0.05) is 131 Å². The fourth-order valence-corrected chi connectivity index (χ4v) is 0. The first-order valence-corrected chi connectivity index (χ1v) is 22.5. The second kappa shape index (κ2) is 44.9. The molecule has 0 aliphatic rings. The molecule has 134 valence electrons. The zero-order chi connectivity index (χ0) is 17.9. The van der Waals surface area contributed by atoms with Gasteiger partial charge in [0.15, 0.2) is 0 Å². The molecule has 0 amide bonds. The monoisotopic (exact) mass is 552 g/mol. The van der Waals surface area contributed by atoms with Crippen LogP contribution in [0, 0.1) is 0 Å². The van der Waals surface area contributed by atoms with Crippen molar-refractivity contribution in [2.45, 2.75) is 98.2 Å². The Labute approximate surface area is 225 Å². The Morgan fingerprint density at radius 2 is 0.261 bits per heavy atom. The van der Waals surface area contributed by atoms with Gasteiger partial charge in [0.2, 0.25) is 0 Å². The minimum atomic E-state index is 0. The largest absolute Gasteiger partial charge is 0.0715 e. The summed E-state index contributed by atoms with van der Waals surface area (Å²) in [6.45, 7) is 34.0. The zero-order valence-electron chi connectivity index (χ0n) is 19.5. The van der Waals surface area contributed by atoms with Gasteiger partial charge in [-0.3, -0.25) is 0 Å². The molecule has 0 saturated heterocycles. The van der Waals surface area contributed by atoms with E-state index in [0.717, 1.165) is 0 Å². The summed E-state index contributed by atoms with van der Waals surface area (Å²) in [6, 6.07) is 0. The molecule has 0 fully saturated rings. The molecule has 14 radical (unpaired) electrons. The minimum Gasteiger partial charge on any atom is -0.0715 e. The smallest absolute Gasteiger partial charge is 0.0379 e. The van der Waals surface area contributed by atoms with Crippen LogP contribution in [0.3, 0.4) is 0 Å². The van der Waals surface area contributed by atoms with Crippen LogP contribution in [0.4, 0.5) is 0 Å². The normalized spacial score (nSPS) is 7.83. The van der Waals surface area contributed by atoms with Crippen molar-refractivity contribution in [2.24, 2.45) is 0 Å². The molecule has 0 aromatic heterocycles. The minimum absolute atomic E-state index is 0. The molecule has 0 saturated carbocycles. The Bertz CT molecular complexity index is 90.4. The first-order chi connectivity index (χ1) is 8.66. The van der Waals surface area contributed by atoms with Gasteiger partial charge < -0.3 is 0 Å². The summed E-state index contributed by atoms with van der Waals surface area (Å²) < 4.78 is 0. The summed E-state index contributed by atoms with van der Waals surface area (Å²) in [5.74, 6) is 0. The van der Waals surface area contributed by atoms with E-state index in [0.29, 0.717) is 0 Å². The van der Waals surface area contributed by atoms with E-state index in [1.165, 1.54) is 0 Å². The van der Waals surface area contributed by atoms with Crippen LogP contribution in [0.1, 0.15) is 0 Å². The molecule has 0 aliphatic carbocycles. The molecule has 8 heteroatoms. The van der Waals surface area contributed by atoms with E-state index in [9.17, 15) is 0 Å². The molecule has 0 aromatic carbocycles. The Morgan fingerprint density at radius 3 is 0.261 bits per heavy atom. The van der Waals surface area contributed by atoms with Crippen molar-refractivity contribution in [1.29, 1.82) is 0 Å². The van der Waals surface area contributed by atoms with E-state index >= 15 is 0 Å². The second-order valence-corrected chi connectivity index (χ2v) is 22.5. The molecule has 0 atom stereocenters. The van der Waals surface area contributed by atoms with E-state index in [4.69, 9.17) is 0 Å². The van der Waals surface area contributed by atoms with Crippen molar-refractivity contribution in [2.75, 3.05) is 0 Å². The molecule has 0 rings (SSSR count). The van der Waals surface area contributed by atoms with Gasteiger partial charge >= 0.3 is 0 Å². The topological polar surface area (TPSA) is 0 Å². The van der Waals surface area contributed by atoms with E-state index in [1.54, 1.807) is 0 Å². The summed E-state index contributed by atoms with van der Waals surface area (Å²) in [7, 11) is 0.602. The molecule has 0 heterocycles. The molecule has 0 bridgehead atoms. The van der Waals surface area contributed by atoms with Crippen LogP contribution in [0.25, 0.3) is 0 Å². The maximum absolute atomic E-state index is 2.27. The number of hydrogen-bond acceptors (Lipinski definition) is 0. The Morgan fingerprint density at radius 1 is 0.261 bits per heavy atom. The van der Waals surface area contributed by atoms with Gasteiger partial charge in [0.05, 0.1) is 0 Å². The number of rotatable bonds is 0. The molecule has 0 aliphatic heterocycles. The van der Waals surface area contributed by atoms with Crippen LogP contribution in [-0.2, 0) is 0 Å². The van der Waals surface area contributed by atoms with Crippen LogP contribution < -0.4 is 0 Å². The van der Waals surface area contributed by atoms with E-state index in [-0.39, 0.29) is 131 Å². The third kappa shape index (κ3) is 1010. The van der Waals surface area contributed by atoms with Crippen molar-refractivity contribution in [3.63, 3.8) is 0 Å². The molecular formula is C15H45Ge2KSi5. The Kier molecular flexibility index (Phi) is 98.5. The van der Waals surface area contributed by atoms with Crippen LogP contribution in [0.15, 0.2) is 0 Å². The van der Waals surface area contributed by atoms with Gasteiger partial charge in [-0.05, 0) is 0 Å². The van der Waals surface area contributed by atoms with Gasteiger partial charge in [0.25, 0.3) is 0 Å². The second-order valence-electron chi connectivity index (χ2n) is 7.50. The van der Waals surface area contributed by atoms with Gasteiger partial charge in [-0.1, -0.05) is 98.2 Å². The molecule has 0 nitrogen and oxygen atoms in total. The average Bonchev–Trinajstić information content (AvgIpc) is 1.94. The van der Waals surface area contributed by atoms with Crippen molar-refractivity contribution >= 4 is 131 Å². The first-order valence-electron chi connectivity index (χ1n) is 7.50. The Hall–Kier alpha value is 3.81. The molecule has 0 aromatic rings. The van der Waals surface area contributed by atoms with Gasteiger partial charge in [-0.25, -0.2) is 0 Å². The number of hydrogen-bond donors (Lipinski definition) is 0. The third-order valence-electron chi connectivity index (χ3n) is 0.